The molecule has 2 aromatic carbocycles. The molecule has 0 saturated carbocycles. The van der Waals surface area contributed by atoms with Crippen LogP contribution in [-0.2, 0) is 20.1 Å². The van der Waals surface area contributed by atoms with Gasteiger partial charge >= 0.3 is 0 Å². The van der Waals surface area contributed by atoms with Gasteiger partial charge in [-0.1, -0.05) is 60.7 Å². The Bertz CT molecular complexity index is 1160. The van der Waals surface area contributed by atoms with Crippen LogP contribution in [0.15, 0.2) is 66.7 Å². The monoisotopic (exact) mass is 486 g/mol. The topological polar surface area (TPSA) is 64.9 Å². The van der Waals surface area contributed by atoms with Crippen molar-refractivity contribution in [2.75, 3.05) is 52.4 Å². The largest absolute Gasteiger partial charge is 0.335 e. The van der Waals surface area contributed by atoms with Gasteiger partial charge in [0.05, 0.1) is 0 Å². The van der Waals surface area contributed by atoms with Gasteiger partial charge in [-0.15, -0.1) is 0 Å². The molecule has 0 spiro atoms. The summed E-state index contributed by atoms with van der Waals surface area (Å²) in [6.45, 7) is 7.76. The number of nitrogens with zero attached hydrogens (tertiary/aromatic N) is 6. The summed E-state index contributed by atoms with van der Waals surface area (Å²) in [4.78, 5) is 34.8. The van der Waals surface area contributed by atoms with Crippen molar-refractivity contribution >= 4 is 11.8 Å². The van der Waals surface area contributed by atoms with Crippen LogP contribution in [-0.4, -0.2) is 93.6 Å². The third-order valence-corrected chi connectivity index (χ3v) is 7.14. The lowest BCUT2D eigenvalue weighted by Crippen LogP contribution is -2.48. The highest BCUT2D eigenvalue weighted by atomic mass is 16.2. The van der Waals surface area contributed by atoms with E-state index in [1.807, 2.05) is 21.9 Å². The van der Waals surface area contributed by atoms with Crippen LogP contribution in [0.25, 0.3) is 0 Å². The molecule has 36 heavy (non-hydrogen) atoms. The SMILES string of the molecule is Cn1nc(C(=O)N2CCN(Cc3ccccc3)CC2)cc1C(=O)N1CCN(Cc2ccccc2)CC1. The average Bonchev–Trinajstić information content (AvgIpc) is 3.31. The smallest absolute Gasteiger partial charge is 0.274 e. The third kappa shape index (κ3) is 5.66. The number of piperazine rings is 2. The number of aryl methyl sites for hydroxylation is 1. The zero-order valence-corrected chi connectivity index (χ0v) is 20.9. The van der Waals surface area contributed by atoms with E-state index in [0.717, 1.165) is 39.3 Å². The van der Waals surface area contributed by atoms with Gasteiger partial charge in [-0.2, -0.15) is 5.10 Å². The molecule has 0 atom stereocenters. The minimum atomic E-state index is -0.100. The molecule has 2 amide bonds. The minimum Gasteiger partial charge on any atom is -0.335 e. The molecule has 2 fully saturated rings. The first-order chi connectivity index (χ1) is 17.6. The molecule has 2 saturated heterocycles. The van der Waals surface area contributed by atoms with Crippen molar-refractivity contribution in [2.45, 2.75) is 13.1 Å². The van der Waals surface area contributed by atoms with Crippen LogP contribution in [0, 0.1) is 0 Å². The molecule has 0 N–H and O–H groups in total. The summed E-state index contributed by atoms with van der Waals surface area (Å²) < 4.78 is 1.55. The molecule has 3 heterocycles. The Labute approximate surface area is 212 Å². The molecule has 0 radical (unpaired) electrons. The summed E-state index contributed by atoms with van der Waals surface area (Å²) in [7, 11) is 1.74. The van der Waals surface area contributed by atoms with Crippen LogP contribution < -0.4 is 0 Å². The van der Waals surface area contributed by atoms with Crippen LogP contribution in [0.2, 0.25) is 0 Å². The van der Waals surface area contributed by atoms with E-state index < -0.39 is 0 Å². The highest BCUT2D eigenvalue weighted by Gasteiger charge is 2.28. The fraction of sp³-hybridized carbons (Fsp3) is 0.393. The first-order valence-electron chi connectivity index (χ1n) is 12.7. The number of carbonyl (C=O) groups is 2. The lowest BCUT2D eigenvalue weighted by Gasteiger charge is -2.34. The summed E-state index contributed by atoms with van der Waals surface area (Å²) in [6, 6.07) is 22.5. The zero-order chi connectivity index (χ0) is 24.9. The van der Waals surface area contributed by atoms with Crippen molar-refractivity contribution in [1.29, 1.82) is 0 Å². The van der Waals surface area contributed by atoms with Gasteiger partial charge in [-0.05, 0) is 11.1 Å². The molecule has 2 aliphatic rings. The van der Waals surface area contributed by atoms with Gasteiger partial charge in [0.2, 0.25) is 0 Å². The van der Waals surface area contributed by atoms with Crippen LogP contribution in [0.3, 0.4) is 0 Å². The second-order valence-electron chi connectivity index (χ2n) is 9.65. The lowest BCUT2D eigenvalue weighted by atomic mass is 10.2. The zero-order valence-electron chi connectivity index (χ0n) is 20.9. The molecule has 8 heteroatoms. The summed E-state index contributed by atoms with van der Waals surface area (Å²) in [5.74, 6) is -0.159. The van der Waals surface area contributed by atoms with E-state index in [0.29, 0.717) is 37.6 Å². The van der Waals surface area contributed by atoms with Crippen molar-refractivity contribution in [3.05, 3.63) is 89.2 Å². The standard InChI is InChI=1S/C28H34N6O2/c1-30-26(28(36)34-18-14-32(15-19-34)22-24-10-6-3-7-11-24)20-25(29-30)27(35)33-16-12-31(13-17-33)21-23-8-4-2-5-9-23/h2-11,20H,12-19,21-22H2,1H3. The number of hydrogen-bond donors (Lipinski definition) is 0. The second kappa shape index (κ2) is 11.1. The fourth-order valence-electron chi connectivity index (χ4n) is 5.00. The maximum atomic E-state index is 13.2. The van der Waals surface area contributed by atoms with Crippen LogP contribution >= 0.6 is 0 Å². The Morgan fingerprint density at radius 3 is 1.58 bits per heavy atom. The number of rotatable bonds is 6. The molecule has 0 unspecified atom stereocenters. The molecule has 3 aromatic rings. The van der Waals surface area contributed by atoms with Crippen LogP contribution in [0.1, 0.15) is 32.1 Å². The van der Waals surface area contributed by atoms with E-state index in [-0.39, 0.29) is 11.8 Å². The van der Waals surface area contributed by atoms with E-state index in [1.165, 1.54) is 11.1 Å². The van der Waals surface area contributed by atoms with Crippen molar-refractivity contribution < 1.29 is 9.59 Å². The van der Waals surface area contributed by atoms with Crippen LogP contribution in [0.4, 0.5) is 0 Å². The van der Waals surface area contributed by atoms with Gasteiger partial charge in [-0.25, -0.2) is 0 Å². The normalized spacial score (nSPS) is 17.4. The van der Waals surface area contributed by atoms with E-state index in [4.69, 9.17) is 0 Å². The number of carbonyl (C=O) groups excluding carboxylic acids is 2. The third-order valence-electron chi connectivity index (χ3n) is 7.14. The van der Waals surface area contributed by atoms with Crippen molar-refractivity contribution in [3.63, 3.8) is 0 Å². The van der Waals surface area contributed by atoms with Crippen molar-refractivity contribution in [2.24, 2.45) is 7.05 Å². The number of aromatic nitrogens is 2. The van der Waals surface area contributed by atoms with Crippen molar-refractivity contribution in [1.82, 2.24) is 29.4 Å². The molecule has 1 aromatic heterocycles. The van der Waals surface area contributed by atoms with Gasteiger partial charge in [0.1, 0.15) is 5.69 Å². The predicted molar refractivity (Wildman–Crippen MR) is 138 cm³/mol. The molecule has 188 valence electrons. The Kier molecular flexibility index (Phi) is 7.44. The van der Waals surface area contributed by atoms with Gasteiger partial charge in [0.15, 0.2) is 5.69 Å². The molecule has 2 aliphatic heterocycles. The van der Waals surface area contributed by atoms with Gasteiger partial charge < -0.3 is 9.80 Å². The van der Waals surface area contributed by atoms with E-state index >= 15 is 0 Å². The summed E-state index contributed by atoms with van der Waals surface area (Å²) in [6.07, 6.45) is 0. The minimum absolute atomic E-state index is 0.0592. The quantitative estimate of drug-likeness (QED) is 0.535. The Balaban J connectivity index is 1.14. The Morgan fingerprint density at radius 1 is 0.667 bits per heavy atom. The first kappa shape index (κ1) is 24.2. The summed E-state index contributed by atoms with van der Waals surface area (Å²) >= 11 is 0. The van der Waals surface area contributed by atoms with E-state index in [1.54, 1.807) is 17.8 Å². The van der Waals surface area contributed by atoms with Gasteiger partial charge in [-0.3, -0.25) is 24.1 Å². The highest BCUT2D eigenvalue weighted by Crippen LogP contribution is 2.15. The predicted octanol–water partition coefficient (Wildman–Crippen LogP) is 2.34. The maximum Gasteiger partial charge on any atom is 0.274 e. The molecule has 5 rings (SSSR count). The molecule has 0 aliphatic carbocycles. The maximum absolute atomic E-state index is 13.2. The summed E-state index contributed by atoms with van der Waals surface area (Å²) in [5.41, 5.74) is 3.39. The van der Waals surface area contributed by atoms with Gasteiger partial charge in [0, 0.05) is 78.6 Å². The number of amides is 2. The van der Waals surface area contributed by atoms with Crippen molar-refractivity contribution in [3.8, 4) is 0 Å². The van der Waals surface area contributed by atoms with Gasteiger partial charge in [0.25, 0.3) is 11.8 Å². The Morgan fingerprint density at radius 2 is 1.11 bits per heavy atom. The fourth-order valence-corrected chi connectivity index (χ4v) is 5.00. The molecular formula is C28H34N6O2. The molecule has 0 bridgehead atoms. The average molecular weight is 487 g/mol. The lowest BCUT2D eigenvalue weighted by molar-refractivity contribution is 0.0614. The second-order valence-corrected chi connectivity index (χ2v) is 9.65. The van der Waals surface area contributed by atoms with Crippen LogP contribution in [0.5, 0.6) is 0 Å². The molecular weight excluding hydrogens is 452 g/mol. The first-order valence-corrected chi connectivity index (χ1v) is 12.7. The number of hydrogen-bond acceptors (Lipinski definition) is 5. The Hall–Kier alpha value is -3.49. The molecule has 8 nitrogen and oxygen atoms in total. The highest BCUT2D eigenvalue weighted by molar-refractivity contribution is 5.98. The summed E-state index contributed by atoms with van der Waals surface area (Å²) in [5, 5.41) is 4.41. The number of benzene rings is 2. The van der Waals surface area contributed by atoms with E-state index in [2.05, 4.69) is 63.4 Å². The van der Waals surface area contributed by atoms with E-state index in [9.17, 15) is 9.59 Å².